The van der Waals surface area contributed by atoms with Crippen LogP contribution in [0.1, 0.15) is 28.9 Å². The quantitative estimate of drug-likeness (QED) is 0.620. The molecule has 3 aromatic rings. The number of hydrogen-bond donors (Lipinski definition) is 1. The van der Waals surface area contributed by atoms with Gasteiger partial charge in [0.2, 0.25) is 0 Å². The molecule has 0 atom stereocenters. The fourth-order valence-electron chi connectivity index (χ4n) is 3.73. The molecular formula is C22H23BrN4O2. The topological polar surface area (TPSA) is 67.2 Å². The number of rotatable bonds is 6. The van der Waals surface area contributed by atoms with Crippen LogP contribution in [0.3, 0.4) is 0 Å². The van der Waals surface area contributed by atoms with Crippen molar-refractivity contribution in [2.24, 2.45) is 0 Å². The summed E-state index contributed by atoms with van der Waals surface area (Å²) in [5.74, 6) is -0.174. The average molecular weight is 455 g/mol. The molecule has 1 saturated heterocycles. The summed E-state index contributed by atoms with van der Waals surface area (Å²) in [4.78, 5) is 27.8. The van der Waals surface area contributed by atoms with Crippen LogP contribution >= 0.6 is 15.9 Å². The molecule has 1 N–H and O–H groups in total. The second kappa shape index (κ2) is 8.88. The van der Waals surface area contributed by atoms with E-state index in [-0.39, 0.29) is 18.0 Å². The second-order valence-corrected chi connectivity index (χ2v) is 8.18. The first-order valence-corrected chi connectivity index (χ1v) is 10.7. The highest BCUT2D eigenvalue weighted by Gasteiger charge is 2.15. The largest absolute Gasteiger partial charge is 0.346 e. The molecule has 29 heavy (non-hydrogen) atoms. The van der Waals surface area contributed by atoms with E-state index in [0.717, 1.165) is 29.5 Å². The summed E-state index contributed by atoms with van der Waals surface area (Å²) in [6.07, 6.45) is 2.43. The maximum atomic E-state index is 12.9. The van der Waals surface area contributed by atoms with E-state index in [1.165, 1.54) is 12.8 Å². The van der Waals surface area contributed by atoms with Crippen LogP contribution in [0.15, 0.2) is 57.8 Å². The summed E-state index contributed by atoms with van der Waals surface area (Å²) in [6, 6.07) is 14.7. The van der Waals surface area contributed by atoms with Crippen molar-refractivity contribution in [3.8, 4) is 0 Å². The van der Waals surface area contributed by atoms with E-state index >= 15 is 0 Å². The summed E-state index contributed by atoms with van der Waals surface area (Å²) in [5, 5.41) is 8.95. The van der Waals surface area contributed by atoms with E-state index in [1.807, 2.05) is 36.4 Å². The van der Waals surface area contributed by atoms with Crippen LogP contribution in [0.5, 0.6) is 0 Å². The minimum Gasteiger partial charge on any atom is -0.346 e. The molecule has 1 fully saturated rings. The molecule has 0 unspecified atom stereocenters. The number of nitrogens with one attached hydrogen (secondary N) is 1. The Morgan fingerprint density at radius 1 is 1.03 bits per heavy atom. The molecular weight excluding hydrogens is 432 g/mol. The summed E-state index contributed by atoms with van der Waals surface area (Å²) in [5.41, 5.74) is 1.19. The molecule has 0 spiro atoms. The Morgan fingerprint density at radius 2 is 1.79 bits per heavy atom. The normalized spacial score (nSPS) is 14.4. The van der Waals surface area contributed by atoms with Crippen molar-refractivity contribution in [3.05, 3.63) is 74.6 Å². The molecule has 0 bridgehead atoms. The number of fused-ring (bicyclic) bond motifs is 1. The molecule has 6 nitrogen and oxygen atoms in total. The summed E-state index contributed by atoms with van der Waals surface area (Å²) in [7, 11) is 0. The zero-order valence-electron chi connectivity index (χ0n) is 16.1. The molecule has 150 valence electrons. The Labute approximate surface area is 177 Å². The SMILES string of the molecule is O=C(NCc1nn(CCN2CCCC2)c(=O)c2ccccc12)c1cccc(Br)c1. The van der Waals surface area contributed by atoms with Crippen LogP contribution in [-0.2, 0) is 13.1 Å². The highest BCUT2D eigenvalue weighted by Crippen LogP contribution is 2.15. The van der Waals surface area contributed by atoms with Gasteiger partial charge in [0.1, 0.15) is 0 Å². The third kappa shape index (κ3) is 4.57. The van der Waals surface area contributed by atoms with Gasteiger partial charge in [-0.3, -0.25) is 9.59 Å². The Hall–Kier alpha value is -2.51. The third-order valence-electron chi connectivity index (χ3n) is 5.27. The lowest BCUT2D eigenvalue weighted by Crippen LogP contribution is -2.32. The predicted molar refractivity (Wildman–Crippen MR) is 117 cm³/mol. The fraction of sp³-hybridized carbons (Fsp3) is 0.318. The van der Waals surface area contributed by atoms with Gasteiger partial charge in [-0.05, 0) is 50.2 Å². The van der Waals surface area contributed by atoms with Crippen molar-refractivity contribution in [3.63, 3.8) is 0 Å². The smallest absolute Gasteiger partial charge is 0.274 e. The number of halogens is 1. The standard InChI is InChI=1S/C22H23BrN4O2/c23-17-7-5-6-16(14-17)21(28)24-15-20-18-8-1-2-9-19(18)22(29)27(25-20)13-12-26-10-3-4-11-26/h1-2,5-9,14H,3-4,10-13,15H2,(H,24,28). The van der Waals surface area contributed by atoms with Gasteiger partial charge >= 0.3 is 0 Å². The van der Waals surface area contributed by atoms with E-state index in [2.05, 4.69) is 31.2 Å². The number of benzene rings is 2. The molecule has 1 aliphatic heterocycles. The number of amides is 1. The number of hydrogen-bond acceptors (Lipinski definition) is 4. The molecule has 0 saturated carbocycles. The van der Waals surface area contributed by atoms with Gasteiger partial charge in [-0.1, -0.05) is 40.2 Å². The van der Waals surface area contributed by atoms with Crippen LogP contribution in [-0.4, -0.2) is 40.2 Å². The van der Waals surface area contributed by atoms with E-state index in [0.29, 0.717) is 23.2 Å². The lowest BCUT2D eigenvalue weighted by Gasteiger charge is -2.16. The van der Waals surface area contributed by atoms with Crippen LogP contribution in [0, 0.1) is 0 Å². The molecule has 2 heterocycles. The van der Waals surface area contributed by atoms with Crippen molar-refractivity contribution < 1.29 is 4.79 Å². The molecule has 2 aromatic carbocycles. The number of likely N-dealkylation sites (tertiary alicyclic amines) is 1. The van der Waals surface area contributed by atoms with Crippen molar-refractivity contribution in [2.45, 2.75) is 25.9 Å². The van der Waals surface area contributed by atoms with Crippen LogP contribution in [0.25, 0.3) is 10.8 Å². The lowest BCUT2D eigenvalue weighted by molar-refractivity contribution is 0.0950. The first-order chi connectivity index (χ1) is 14.1. The van der Waals surface area contributed by atoms with E-state index in [4.69, 9.17) is 0 Å². The molecule has 1 aliphatic rings. The fourth-order valence-corrected chi connectivity index (χ4v) is 4.12. The Morgan fingerprint density at radius 3 is 2.55 bits per heavy atom. The van der Waals surface area contributed by atoms with Gasteiger partial charge in [-0.2, -0.15) is 5.10 Å². The van der Waals surface area contributed by atoms with Gasteiger partial charge in [-0.25, -0.2) is 4.68 Å². The van der Waals surface area contributed by atoms with Crippen LogP contribution in [0.4, 0.5) is 0 Å². The van der Waals surface area contributed by atoms with Gasteiger partial charge in [0.15, 0.2) is 0 Å². The van der Waals surface area contributed by atoms with Crippen LogP contribution in [0.2, 0.25) is 0 Å². The number of carbonyl (C=O) groups excluding carboxylic acids is 1. The van der Waals surface area contributed by atoms with Crippen molar-refractivity contribution >= 4 is 32.6 Å². The Bertz CT molecular complexity index is 1090. The van der Waals surface area contributed by atoms with E-state index in [1.54, 1.807) is 16.8 Å². The van der Waals surface area contributed by atoms with Crippen molar-refractivity contribution in [2.75, 3.05) is 19.6 Å². The highest BCUT2D eigenvalue weighted by molar-refractivity contribution is 9.10. The molecule has 0 radical (unpaired) electrons. The third-order valence-corrected chi connectivity index (χ3v) is 5.77. The molecule has 1 aromatic heterocycles. The van der Waals surface area contributed by atoms with Gasteiger partial charge in [0.05, 0.1) is 24.2 Å². The molecule has 4 rings (SSSR count). The monoisotopic (exact) mass is 454 g/mol. The van der Waals surface area contributed by atoms with Gasteiger partial charge in [-0.15, -0.1) is 0 Å². The Kier molecular flexibility index (Phi) is 6.06. The molecule has 7 heteroatoms. The first-order valence-electron chi connectivity index (χ1n) is 9.87. The predicted octanol–water partition coefficient (Wildman–Crippen LogP) is 3.18. The van der Waals surface area contributed by atoms with Gasteiger partial charge in [0.25, 0.3) is 11.5 Å². The summed E-state index contributed by atoms with van der Waals surface area (Å²) in [6.45, 7) is 3.79. The molecule has 0 aliphatic carbocycles. The highest BCUT2D eigenvalue weighted by atomic mass is 79.9. The van der Waals surface area contributed by atoms with E-state index < -0.39 is 0 Å². The van der Waals surface area contributed by atoms with Crippen molar-refractivity contribution in [1.29, 1.82) is 0 Å². The maximum absolute atomic E-state index is 12.9. The Balaban J connectivity index is 1.57. The number of nitrogens with zero attached hydrogens (tertiary/aromatic N) is 3. The maximum Gasteiger partial charge on any atom is 0.274 e. The second-order valence-electron chi connectivity index (χ2n) is 7.26. The lowest BCUT2D eigenvalue weighted by atomic mass is 10.1. The summed E-state index contributed by atoms with van der Waals surface area (Å²) >= 11 is 3.39. The van der Waals surface area contributed by atoms with Crippen LogP contribution < -0.4 is 10.9 Å². The zero-order valence-corrected chi connectivity index (χ0v) is 17.7. The first kappa shape index (κ1) is 19.8. The summed E-state index contributed by atoms with van der Waals surface area (Å²) < 4.78 is 2.39. The minimum absolute atomic E-state index is 0.0816. The minimum atomic E-state index is -0.174. The molecule has 1 amide bonds. The zero-order chi connectivity index (χ0) is 20.2. The van der Waals surface area contributed by atoms with Crippen molar-refractivity contribution in [1.82, 2.24) is 20.0 Å². The number of carbonyl (C=O) groups is 1. The van der Waals surface area contributed by atoms with Gasteiger partial charge in [0, 0.05) is 22.0 Å². The average Bonchev–Trinajstić information content (AvgIpc) is 3.26. The number of aromatic nitrogens is 2. The van der Waals surface area contributed by atoms with Gasteiger partial charge < -0.3 is 10.2 Å². The van der Waals surface area contributed by atoms with E-state index in [9.17, 15) is 9.59 Å².